The van der Waals surface area contributed by atoms with Crippen LogP contribution in [0.15, 0.2) is 18.2 Å². The van der Waals surface area contributed by atoms with Gasteiger partial charge in [-0.15, -0.1) is 11.6 Å². The minimum Gasteiger partial charge on any atom is -0.334 e. The van der Waals surface area contributed by atoms with Crippen molar-refractivity contribution in [3.63, 3.8) is 0 Å². The summed E-state index contributed by atoms with van der Waals surface area (Å²) < 4.78 is 0. The fourth-order valence-corrected chi connectivity index (χ4v) is 3.11. The van der Waals surface area contributed by atoms with Gasteiger partial charge in [-0.1, -0.05) is 36.0 Å². The zero-order chi connectivity index (χ0) is 13.8. The van der Waals surface area contributed by atoms with Crippen LogP contribution in [0.1, 0.15) is 36.0 Å². The summed E-state index contributed by atoms with van der Waals surface area (Å²) >= 11 is 18.0. The quantitative estimate of drug-likeness (QED) is 0.728. The standard InChI is InChI=1S/C14H16Cl3NO/c15-9-11-4-2-1-3-7-18(11)14(19)12-8-10(16)5-6-13(12)17/h5-6,8,11H,1-4,7,9H2. The summed E-state index contributed by atoms with van der Waals surface area (Å²) in [6.45, 7) is 0.735. The van der Waals surface area contributed by atoms with E-state index in [2.05, 4.69) is 0 Å². The van der Waals surface area contributed by atoms with Crippen LogP contribution in [-0.4, -0.2) is 29.3 Å². The molecule has 0 aromatic heterocycles. The van der Waals surface area contributed by atoms with E-state index in [-0.39, 0.29) is 11.9 Å². The van der Waals surface area contributed by atoms with Gasteiger partial charge in [0.2, 0.25) is 0 Å². The first-order chi connectivity index (χ1) is 9.13. The molecule has 1 aliphatic rings. The second-order valence-electron chi connectivity index (χ2n) is 4.78. The van der Waals surface area contributed by atoms with Crippen LogP contribution in [-0.2, 0) is 0 Å². The molecule has 19 heavy (non-hydrogen) atoms. The highest BCUT2D eigenvalue weighted by Gasteiger charge is 2.26. The van der Waals surface area contributed by atoms with Gasteiger partial charge in [0, 0.05) is 23.5 Å². The molecule has 1 aromatic rings. The van der Waals surface area contributed by atoms with Gasteiger partial charge in [0.15, 0.2) is 0 Å². The highest BCUT2D eigenvalue weighted by Crippen LogP contribution is 2.25. The van der Waals surface area contributed by atoms with Crippen molar-refractivity contribution in [1.29, 1.82) is 0 Å². The Morgan fingerprint density at radius 3 is 2.79 bits per heavy atom. The van der Waals surface area contributed by atoms with E-state index in [1.54, 1.807) is 18.2 Å². The Kier molecular flexibility index (Phi) is 5.37. The highest BCUT2D eigenvalue weighted by atomic mass is 35.5. The van der Waals surface area contributed by atoms with Gasteiger partial charge >= 0.3 is 0 Å². The lowest BCUT2D eigenvalue weighted by Gasteiger charge is -2.29. The first kappa shape index (κ1) is 15.0. The van der Waals surface area contributed by atoms with Crippen molar-refractivity contribution in [1.82, 2.24) is 4.90 Å². The van der Waals surface area contributed by atoms with Crippen molar-refractivity contribution in [2.24, 2.45) is 0 Å². The molecule has 0 N–H and O–H groups in total. The summed E-state index contributed by atoms with van der Waals surface area (Å²) in [6.07, 6.45) is 4.22. The number of alkyl halides is 1. The molecule has 0 aliphatic carbocycles. The second kappa shape index (κ2) is 6.83. The van der Waals surface area contributed by atoms with E-state index >= 15 is 0 Å². The molecule has 2 rings (SSSR count). The van der Waals surface area contributed by atoms with Crippen LogP contribution in [0.5, 0.6) is 0 Å². The number of likely N-dealkylation sites (tertiary alicyclic amines) is 1. The molecule has 1 fully saturated rings. The Balaban J connectivity index is 2.27. The molecule has 1 aromatic carbocycles. The summed E-state index contributed by atoms with van der Waals surface area (Å²) in [5.41, 5.74) is 0.464. The molecule has 0 radical (unpaired) electrons. The number of halogens is 3. The van der Waals surface area contributed by atoms with Crippen molar-refractivity contribution in [2.45, 2.75) is 31.7 Å². The van der Waals surface area contributed by atoms with E-state index in [1.807, 2.05) is 4.90 Å². The predicted molar refractivity (Wildman–Crippen MR) is 80.5 cm³/mol. The number of amides is 1. The highest BCUT2D eigenvalue weighted by molar-refractivity contribution is 6.35. The molecular weight excluding hydrogens is 305 g/mol. The Hall–Kier alpha value is -0.440. The Labute approximate surface area is 128 Å². The number of carbonyl (C=O) groups is 1. The minimum atomic E-state index is -0.0694. The molecule has 1 saturated heterocycles. The first-order valence-corrected chi connectivity index (χ1v) is 7.74. The summed E-state index contributed by atoms with van der Waals surface area (Å²) in [5.74, 6) is 0.393. The monoisotopic (exact) mass is 319 g/mol. The van der Waals surface area contributed by atoms with Crippen LogP contribution in [0.4, 0.5) is 0 Å². The van der Waals surface area contributed by atoms with E-state index in [4.69, 9.17) is 34.8 Å². The molecule has 1 unspecified atom stereocenters. The minimum absolute atomic E-state index is 0.0694. The number of hydrogen-bond donors (Lipinski definition) is 0. The normalized spacial score (nSPS) is 20.2. The van der Waals surface area contributed by atoms with Gasteiger partial charge in [-0.05, 0) is 31.0 Å². The van der Waals surface area contributed by atoms with Gasteiger partial charge in [-0.3, -0.25) is 4.79 Å². The summed E-state index contributed by atoms with van der Waals surface area (Å²) in [6, 6.07) is 5.06. The van der Waals surface area contributed by atoms with E-state index in [0.717, 1.165) is 32.2 Å². The van der Waals surface area contributed by atoms with Gasteiger partial charge < -0.3 is 4.90 Å². The van der Waals surface area contributed by atoms with Gasteiger partial charge in [0.05, 0.1) is 10.6 Å². The van der Waals surface area contributed by atoms with Gasteiger partial charge in [0.1, 0.15) is 0 Å². The number of benzene rings is 1. The average Bonchev–Trinajstić information content (AvgIpc) is 2.65. The van der Waals surface area contributed by atoms with E-state index in [9.17, 15) is 4.79 Å². The smallest absolute Gasteiger partial charge is 0.255 e. The van der Waals surface area contributed by atoms with Crippen molar-refractivity contribution in [3.05, 3.63) is 33.8 Å². The van der Waals surface area contributed by atoms with Crippen LogP contribution >= 0.6 is 34.8 Å². The summed E-state index contributed by atoms with van der Waals surface area (Å²) in [4.78, 5) is 14.5. The molecular formula is C14H16Cl3NO. The second-order valence-corrected chi connectivity index (χ2v) is 5.93. The fraction of sp³-hybridized carbons (Fsp3) is 0.500. The first-order valence-electron chi connectivity index (χ1n) is 6.45. The Morgan fingerprint density at radius 2 is 2.05 bits per heavy atom. The molecule has 5 heteroatoms. The maximum atomic E-state index is 12.6. The van der Waals surface area contributed by atoms with Crippen molar-refractivity contribution in [3.8, 4) is 0 Å². The van der Waals surface area contributed by atoms with E-state index in [0.29, 0.717) is 21.5 Å². The van der Waals surface area contributed by atoms with Crippen molar-refractivity contribution < 1.29 is 4.79 Å². The third kappa shape index (κ3) is 3.56. The molecule has 0 bridgehead atoms. The molecule has 1 aliphatic heterocycles. The lowest BCUT2D eigenvalue weighted by atomic mass is 10.1. The largest absolute Gasteiger partial charge is 0.334 e. The zero-order valence-corrected chi connectivity index (χ0v) is 12.8. The summed E-state index contributed by atoms with van der Waals surface area (Å²) in [5, 5.41) is 0.956. The van der Waals surface area contributed by atoms with Gasteiger partial charge in [0.25, 0.3) is 5.91 Å². The van der Waals surface area contributed by atoms with Gasteiger partial charge in [-0.25, -0.2) is 0 Å². The Bertz CT molecular complexity index is 464. The topological polar surface area (TPSA) is 20.3 Å². The zero-order valence-electron chi connectivity index (χ0n) is 10.5. The third-order valence-electron chi connectivity index (χ3n) is 3.47. The predicted octanol–water partition coefficient (Wildman–Crippen LogP) is 4.62. The van der Waals surface area contributed by atoms with Gasteiger partial charge in [-0.2, -0.15) is 0 Å². The van der Waals surface area contributed by atoms with E-state index in [1.165, 1.54) is 0 Å². The van der Waals surface area contributed by atoms with Crippen LogP contribution < -0.4 is 0 Å². The molecule has 2 nitrogen and oxygen atoms in total. The number of carbonyl (C=O) groups excluding carboxylic acids is 1. The number of rotatable bonds is 2. The van der Waals surface area contributed by atoms with Crippen LogP contribution in [0.2, 0.25) is 10.0 Å². The van der Waals surface area contributed by atoms with Crippen LogP contribution in [0.3, 0.4) is 0 Å². The van der Waals surface area contributed by atoms with Crippen molar-refractivity contribution >= 4 is 40.7 Å². The van der Waals surface area contributed by atoms with Crippen molar-refractivity contribution in [2.75, 3.05) is 12.4 Å². The molecule has 0 saturated carbocycles. The van der Waals surface area contributed by atoms with Crippen LogP contribution in [0, 0.1) is 0 Å². The van der Waals surface area contributed by atoms with Crippen LogP contribution in [0.25, 0.3) is 0 Å². The fourth-order valence-electron chi connectivity index (χ4n) is 2.42. The summed E-state index contributed by atoms with van der Waals surface area (Å²) in [7, 11) is 0. The lowest BCUT2D eigenvalue weighted by Crippen LogP contribution is -2.41. The lowest BCUT2D eigenvalue weighted by molar-refractivity contribution is 0.0700. The molecule has 0 spiro atoms. The molecule has 1 amide bonds. The average molecular weight is 321 g/mol. The molecule has 104 valence electrons. The maximum Gasteiger partial charge on any atom is 0.255 e. The number of hydrogen-bond acceptors (Lipinski definition) is 1. The molecule has 1 heterocycles. The Morgan fingerprint density at radius 1 is 1.26 bits per heavy atom. The maximum absolute atomic E-state index is 12.6. The number of nitrogens with zero attached hydrogens (tertiary/aromatic N) is 1. The third-order valence-corrected chi connectivity index (χ3v) is 4.40. The van der Waals surface area contributed by atoms with E-state index < -0.39 is 0 Å². The molecule has 1 atom stereocenters. The SMILES string of the molecule is O=C(c1cc(Cl)ccc1Cl)N1CCCCCC1CCl.